The standard InChI is InChI=1S/C17H24N2O/c1-3-19(11-12-20-2)13-17(18)16-10-6-8-14-7-4-5-9-15(14)16/h4-10,17H,3,11-13,18H2,1-2H3. The van der Waals surface area contributed by atoms with E-state index in [9.17, 15) is 0 Å². The summed E-state index contributed by atoms with van der Waals surface area (Å²) in [5.41, 5.74) is 7.65. The van der Waals surface area contributed by atoms with Gasteiger partial charge in [0, 0.05) is 26.2 Å². The van der Waals surface area contributed by atoms with Gasteiger partial charge < -0.3 is 10.5 Å². The summed E-state index contributed by atoms with van der Waals surface area (Å²) in [4.78, 5) is 2.33. The highest BCUT2D eigenvalue weighted by Gasteiger charge is 2.13. The summed E-state index contributed by atoms with van der Waals surface area (Å²) >= 11 is 0. The maximum Gasteiger partial charge on any atom is 0.0589 e. The van der Waals surface area contributed by atoms with Gasteiger partial charge in [-0.2, -0.15) is 0 Å². The molecule has 2 aromatic rings. The molecule has 0 saturated heterocycles. The van der Waals surface area contributed by atoms with Gasteiger partial charge >= 0.3 is 0 Å². The third-order valence-electron chi connectivity index (χ3n) is 3.74. The van der Waals surface area contributed by atoms with Crippen LogP contribution in [0, 0.1) is 0 Å². The lowest BCUT2D eigenvalue weighted by Gasteiger charge is -2.24. The highest BCUT2D eigenvalue weighted by atomic mass is 16.5. The number of hydrogen-bond acceptors (Lipinski definition) is 3. The molecule has 2 rings (SSSR count). The van der Waals surface area contributed by atoms with Gasteiger partial charge in [-0.15, -0.1) is 0 Å². The molecule has 0 spiro atoms. The molecule has 0 aliphatic carbocycles. The van der Waals surface area contributed by atoms with Gasteiger partial charge in [0.25, 0.3) is 0 Å². The minimum absolute atomic E-state index is 0.0258. The molecular weight excluding hydrogens is 248 g/mol. The number of methoxy groups -OCH3 is 1. The maximum atomic E-state index is 6.43. The number of fused-ring (bicyclic) bond motifs is 1. The Hall–Kier alpha value is -1.42. The molecule has 0 saturated carbocycles. The number of rotatable bonds is 7. The van der Waals surface area contributed by atoms with Gasteiger partial charge in [0.2, 0.25) is 0 Å². The fourth-order valence-electron chi connectivity index (χ4n) is 2.55. The molecule has 1 unspecified atom stereocenters. The van der Waals surface area contributed by atoms with Gasteiger partial charge in [0.05, 0.1) is 6.61 Å². The van der Waals surface area contributed by atoms with Crippen LogP contribution in [0.4, 0.5) is 0 Å². The first-order chi connectivity index (χ1) is 9.76. The molecule has 108 valence electrons. The summed E-state index contributed by atoms with van der Waals surface area (Å²) in [6, 6.07) is 14.8. The lowest BCUT2D eigenvalue weighted by molar-refractivity contribution is 0.147. The number of likely N-dealkylation sites (N-methyl/N-ethyl adjacent to an activating group) is 1. The smallest absolute Gasteiger partial charge is 0.0589 e. The van der Waals surface area contributed by atoms with Crippen molar-refractivity contribution in [1.82, 2.24) is 4.90 Å². The van der Waals surface area contributed by atoms with Crippen molar-refractivity contribution in [2.24, 2.45) is 5.73 Å². The average Bonchev–Trinajstić information content (AvgIpc) is 2.50. The van der Waals surface area contributed by atoms with Gasteiger partial charge in [0.15, 0.2) is 0 Å². The first-order valence-corrected chi connectivity index (χ1v) is 7.20. The Bertz CT molecular complexity index is 536. The van der Waals surface area contributed by atoms with Crippen molar-refractivity contribution in [1.29, 1.82) is 0 Å². The molecule has 2 aromatic carbocycles. The van der Waals surface area contributed by atoms with E-state index in [2.05, 4.69) is 54.3 Å². The zero-order valence-corrected chi connectivity index (χ0v) is 12.4. The summed E-state index contributed by atoms with van der Waals surface area (Å²) in [6.07, 6.45) is 0. The molecule has 20 heavy (non-hydrogen) atoms. The fraction of sp³-hybridized carbons (Fsp3) is 0.412. The topological polar surface area (TPSA) is 38.5 Å². The molecule has 0 fully saturated rings. The van der Waals surface area contributed by atoms with Crippen molar-refractivity contribution in [3.8, 4) is 0 Å². The zero-order chi connectivity index (χ0) is 14.4. The first kappa shape index (κ1) is 15.0. The summed E-state index contributed by atoms with van der Waals surface area (Å²) in [7, 11) is 1.73. The normalized spacial score (nSPS) is 13.0. The minimum Gasteiger partial charge on any atom is -0.383 e. The number of nitrogens with zero attached hydrogens (tertiary/aromatic N) is 1. The summed E-state index contributed by atoms with van der Waals surface area (Å²) < 4.78 is 5.15. The van der Waals surface area contributed by atoms with Crippen LogP contribution in [0.2, 0.25) is 0 Å². The molecule has 0 aliphatic rings. The molecule has 3 heteroatoms. The van der Waals surface area contributed by atoms with Crippen LogP contribution < -0.4 is 5.73 Å². The number of benzene rings is 2. The van der Waals surface area contributed by atoms with Crippen LogP contribution in [0.1, 0.15) is 18.5 Å². The average molecular weight is 272 g/mol. The quantitative estimate of drug-likeness (QED) is 0.842. The Kier molecular flexibility index (Phi) is 5.53. The van der Waals surface area contributed by atoms with E-state index in [0.717, 1.165) is 26.2 Å². The third-order valence-corrected chi connectivity index (χ3v) is 3.74. The molecule has 0 heterocycles. The van der Waals surface area contributed by atoms with Gasteiger partial charge in [-0.3, -0.25) is 4.90 Å². The van der Waals surface area contributed by atoms with Crippen LogP contribution in [-0.2, 0) is 4.74 Å². The van der Waals surface area contributed by atoms with Crippen LogP contribution >= 0.6 is 0 Å². The van der Waals surface area contributed by atoms with Crippen LogP contribution in [-0.4, -0.2) is 38.3 Å². The molecule has 0 bridgehead atoms. The monoisotopic (exact) mass is 272 g/mol. The predicted octanol–water partition coefficient (Wildman–Crippen LogP) is 2.81. The van der Waals surface area contributed by atoms with Crippen LogP contribution in [0.5, 0.6) is 0 Å². The second-order valence-electron chi connectivity index (χ2n) is 5.06. The zero-order valence-electron chi connectivity index (χ0n) is 12.4. The highest BCUT2D eigenvalue weighted by molar-refractivity contribution is 5.86. The van der Waals surface area contributed by atoms with E-state index in [0.29, 0.717) is 0 Å². The molecular formula is C17H24N2O. The van der Waals surface area contributed by atoms with Gasteiger partial charge in [0.1, 0.15) is 0 Å². The van der Waals surface area contributed by atoms with E-state index in [1.54, 1.807) is 7.11 Å². The molecule has 0 amide bonds. The molecule has 1 atom stereocenters. The number of nitrogens with two attached hydrogens (primary N) is 1. The lowest BCUT2D eigenvalue weighted by Crippen LogP contribution is -2.34. The van der Waals surface area contributed by atoms with Crippen molar-refractivity contribution >= 4 is 10.8 Å². The Balaban J connectivity index is 2.16. The van der Waals surface area contributed by atoms with Crippen LogP contribution in [0.15, 0.2) is 42.5 Å². The third kappa shape index (κ3) is 3.57. The SMILES string of the molecule is CCN(CCOC)CC(N)c1cccc2ccccc12. The van der Waals surface area contributed by atoms with Crippen molar-refractivity contribution in [3.63, 3.8) is 0 Å². The summed E-state index contributed by atoms with van der Waals surface area (Å²) in [5.74, 6) is 0. The lowest BCUT2D eigenvalue weighted by atomic mass is 9.99. The van der Waals surface area contributed by atoms with Gasteiger partial charge in [-0.25, -0.2) is 0 Å². The van der Waals surface area contributed by atoms with Crippen molar-refractivity contribution in [3.05, 3.63) is 48.0 Å². The molecule has 0 aliphatic heterocycles. The van der Waals surface area contributed by atoms with E-state index < -0.39 is 0 Å². The summed E-state index contributed by atoms with van der Waals surface area (Å²) in [6.45, 7) is 5.67. The highest BCUT2D eigenvalue weighted by Crippen LogP contribution is 2.23. The number of hydrogen-bond donors (Lipinski definition) is 1. The van der Waals surface area contributed by atoms with E-state index in [4.69, 9.17) is 10.5 Å². The fourth-order valence-corrected chi connectivity index (χ4v) is 2.55. The predicted molar refractivity (Wildman–Crippen MR) is 84.9 cm³/mol. The van der Waals surface area contributed by atoms with Crippen molar-refractivity contribution in [2.45, 2.75) is 13.0 Å². The van der Waals surface area contributed by atoms with Crippen LogP contribution in [0.25, 0.3) is 10.8 Å². The maximum absolute atomic E-state index is 6.43. The second kappa shape index (κ2) is 7.39. The minimum atomic E-state index is 0.0258. The molecule has 3 nitrogen and oxygen atoms in total. The molecule has 0 aromatic heterocycles. The van der Waals surface area contributed by atoms with Gasteiger partial charge in [-0.05, 0) is 22.9 Å². The molecule has 0 radical (unpaired) electrons. The summed E-state index contributed by atoms with van der Waals surface area (Å²) in [5, 5.41) is 2.51. The van der Waals surface area contributed by atoms with Crippen molar-refractivity contribution in [2.75, 3.05) is 33.4 Å². The second-order valence-corrected chi connectivity index (χ2v) is 5.06. The largest absolute Gasteiger partial charge is 0.383 e. The Labute approximate surface area is 121 Å². The first-order valence-electron chi connectivity index (χ1n) is 7.20. The number of ether oxygens (including phenoxy) is 1. The van der Waals surface area contributed by atoms with E-state index in [1.165, 1.54) is 16.3 Å². The van der Waals surface area contributed by atoms with E-state index in [-0.39, 0.29) is 6.04 Å². The van der Waals surface area contributed by atoms with E-state index >= 15 is 0 Å². The molecule has 2 N–H and O–H groups in total. The van der Waals surface area contributed by atoms with E-state index in [1.807, 2.05) is 0 Å². The van der Waals surface area contributed by atoms with Crippen LogP contribution in [0.3, 0.4) is 0 Å². The van der Waals surface area contributed by atoms with Gasteiger partial charge in [-0.1, -0.05) is 49.4 Å². The Morgan fingerprint density at radius 2 is 1.90 bits per heavy atom. The Morgan fingerprint density at radius 1 is 1.15 bits per heavy atom. The Morgan fingerprint density at radius 3 is 2.65 bits per heavy atom. The van der Waals surface area contributed by atoms with Crippen molar-refractivity contribution < 1.29 is 4.74 Å².